The molecule has 0 bridgehead atoms. The number of fused-ring (bicyclic) bond motifs is 1. The van der Waals surface area contributed by atoms with E-state index in [9.17, 15) is 9.18 Å². The molecule has 0 saturated heterocycles. The maximum Gasteiger partial charge on any atom is 0.264 e. The van der Waals surface area contributed by atoms with Gasteiger partial charge in [0.05, 0.1) is 24.4 Å². The van der Waals surface area contributed by atoms with Crippen molar-refractivity contribution < 1.29 is 4.39 Å². The monoisotopic (exact) mass is 286 g/mol. The predicted octanol–water partition coefficient (Wildman–Crippen LogP) is 0.905. The Kier molecular flexibility index (Phi) is 2.56. The minimum Gasteiger partial charge on any atom is -0.291 e. The summed E-state index contributed by atoms with van der Waals surface area (Å²) in [7, 11) is 0. The molecule has 106 valence electrons. The SMILES string of the molecule is O=c1c2c(F)cccc2ncn1Cc1nnnn1C1CC1. The van der Waals surface area contributed by atoms with Gasteiger partial charge in [-0.1, -0.05) is 6.07 Å². The first-order chi connectivity index (χ1) is 10.2. The average molecular weight is 286 g/mol. The second kappa shape index (κ2) is 4.44. The van der Waals surface area contributed by atoms with Gasteiger partial charge in [0, 0.05) is 0 Å². The number of benzene rings is 1. The first-order valence-corrected chi connectivity index (χ1v) is 6.64. The lowest BCUT2D eigenvalue weighted by molar-refractivity contribution is 0.561. The molecule has 0 radical (unpaired) electrons. The third-order valence-electron chi connectivity index (χ3n) is 3.57. The summed E-state index contributed by atoms with van der Waals surface area (Å²) in [5.41, 5.74) is -0.0820. The van der Waals surface area contributed by atoms with Gasteiger partial charge < -0.3 is 0 Å². The lowest BCUT2D eigenvalue weighted by Crippen LogP contribution is -2.23. The fourth-order valence-electron chi connectivity index (χ4n) is 2.34. The Morgan fingerprint density at radius 1 is 1.33 bits per heavy atom. The minimum atomic E-state index is -0.568. The van der Waals surface area contributed by atoms with Crippen LogP contribution >= 0.6 is 0 Å². The van der Waals surface area contributed by atoms with E-state index in [-0.39, 0.29) is 11.9 Å². The van der Waals surface area contributed by atoms with Crippen molar-refractivity contribution in [3.8, 4) is 0 Å². The van der Waals surface area contributed by atoms with Crippen LogP contribution in [0.25, 0.3) is 10.9 Å². The van der Waals surface area contributed by atoms with Crippen molar-refractivity contribution in [3.05, 3.63) is 46.5 Å². The van der Waals surface area contributed by atoms with Gasteiger partial charge in [0.15, 0.2) is 5.82 Å². The van der Waals surface area contributed by atoms with Gasteiger partial charge in [0.2, 0.25) is 0 Å². The molecule has 1 aromatic carbocycles. The van der Waals surface area contributed by atoms with Crippen LogP contribution in [0.5, 0.6) is 0 Å². The molecule has 0 amide bonds. The highest BCUT2D eigenvalue weighted by atomic mass is 19.1. The van der Waals surface area contributed by atoms with E-state index in [1.807, 2.05) is 0 Å². The Balaban J connectivity index is 1.80. The number of hydrogen-bond acceptors (Lipinski definition) is 5. The van der Waals surface area contributed by atoms with Crippen LogP contribution in [0.4, 0.5) is 4.39 Å². The zero-order valence-electron chi connectivity index (χ0n) is 11.0. The topological polar surface area (TPSA) is 78.5 Å². The smallest absolute Gasteiger partial charge is 0.264 e. The predicted molar refractivity (Wildman–Crippen MR) is 71.2 cm³/mol. The molecule has 3 aromatic rings. The summed E-state index contributed by atoms with van der Waals surface area (Å²) < 4.78 is 16.9. The molecule has 21 heavy (non-hydrogen) atoms. The minimum absolute atomic E-state index is 0.00885. The normalized spacial score (nSPS) is 14.7. The summed E-state index contributed by atoms with van der Waals surface area (Å²) in [6.07, 6.45) is 3.48. The standard InChI is InChI=1S/C13H11FN6O/c14-9-2-1-3-10-12(9)13(21)19(7-15-10)6-11-16-17-18-20(11)8-4-5-8/h1-3,7-8H,4-6H2. The zero-order chi connectivity index (χ0) is 14.4. The Bertz CT molecular complexity index is 882. The molecule has 7 nitrogen and oxygen atoms in total. The molecule has 0 aliphatic heterocycles. The Morgan fingerprint density at radius 2 is 2.19 bits per heavy atom. The molecule has 0 spiro atoms. The molecule has 1 aliphatic rings. The van der Waals surface area contributed by atoms with Crippen molar-refractivity contribution in [3.63, 3.8) is 0 Å². The van der Waals surface area contributed by atoms with E-state index >= 15 is 0 Å². The van der Waals surface area contributed by atoms with Gasteiger partial charge in [-0.25, -0.2) is 14.1 Å². The molecule has 1 aliphatic carbocycles. The van der Waals surface area contributed by atoms with Crippen LogP contribution in [-0.4, -0.2) is 29.8 Å². The maximum absolute atomic E-state index is 13.8. The maximum atomic E-state index is 13.8. The molecule has 4 rings (SSSR count). The Morgan fingerprint density at radius 3 is 3.00 bits per heavy atom. The van der Waals surface area contributed by atoms with Crippen LogP contribution in [0.2, 0.25) is 0 Å². The van der Waals surface area contributed by atoms with Crippen LogP contribution in [0, 0.1) is 5.82 Å². The van der Waals surface area contributed by atoms with Crippen molar-refractivity contribution in [2.45, 2.75) is 25.4 Å². The van der Waals surface area contributed by atoms with Crippen molar-refractivity contribution in [1.82, 2.24) is 29.8 Å². The largest absolute Gasteiger partial charge is 0.291 e. The molecule has 0 unspecified atom stereocenters. The van der Waals surface area contributed by atoms with Crippen molar-refractivity contribution in [1.29, 1.82) is 0 Å². The second-order valence-electron chi connectivity index (χ2n) is 5.08. The lowest BCUT2D eigenvalue weighted by atomic mass is 10.2. The molecular formula is C13H11FN6O. The van der Waals surface area contributed by atoms with E-state index in [1.165, 1.54) is 23.0 Å². The van der Waals surface area contributed by atoms with E-state index in [2.05, 4.69) is 20.5 Å². The third-order valence-corrected chi connectivity index (χ3v) is 3.57. The third kappa shape index (κ3) is 1.99. The van der Waals surface area contributed by atoms with Gasteiger partial charge in [-0.05, 0) is 35.4 Å². The van der Waals surface area contributed by atoms with Crippen LogP contribution in [0.1, 0.15) is 24.7 Å². The molecular weight excluding hydrogens is 275 g/mol. The highest BCUT2D eigenvalue weighted by Crippen LogP contribution is 2.34. The number of rotatable bonds is 3. The first kappa shape index (κ1) is 12.1. The summed E-state index contributed by atoms with van der Waals surface area (Å²) >= 11 is 0. The summed E-state index contributed by atoms with van der Waals surface area (Å²) in [4.78, 5) is 16.5. The van der Waals surface area contributed by atoms with Crippen LogP contribution in [0.15, 0.2) is 29.3 Å². The number of tetrazole rings is 1. The van der Waals surface area contributed by atoms with E-state index in [4.69, 9.17) is 0 Å². The van der Waals surface area contributed by atoms with Gasteiger partial charge in [-0.15, -0.1) is 5.10 Å². The van der Waals surface area contributed by atoms with E-state index in [0.29, 0.717) is 17.4 Å². The molecule has 0 atom stereocenters. The zero-order valence-corrected chi connectivity index (χ0v) is 11.0. The summed E-state index contributed by atoms with van der Waals surface area (Å²) in [6, 6.07) is 4.71. The van der Waals surface area contributed by atoms with Crippen molar-refractivity contribution in [2.24, 2.45) is 0 Å². The van der Waals surface area contributed by atoms with E-state index in [1.54, 1.807) is 10.7 Å². The number of halogens is 1. The van der Waals surface area contributed by atoms with E-state index < -0.39 is 11.4 Å². The van der Waals surface area contributed by atoms with Crippen molar-refractivity contribution >= 4 is 10.9 Å². The molecule has 0 N–H and O–H groups in total. The van der Waals surface area contributed by atoms with Gasteiger partial charge >= 0.3 is 0 Å². The van der Waals surface area contributed by atoms with Gasteiger partial charge in [-0.2, -0.15) is 0 Å². The fraction of sp³-hybridized carbons (Fsp3) is 0.308. The van der Waals surface area contributed by atoms with Crippen LogP contribution in [-0.2, 0) is 6.54 Å². The number of aromatic nitrogens is 6. The summed E-state index contributed by atoms with van der Waals surface area (Å²) in [6.45, 7) is 0.180. The lowest BCUT2D eigenvalue weighted by Gasteiger charge is -2.07. The highest BCUT2D eigenvalue weighted by Gasteiger charge is 2.27. The van der Waals surface area contributed by atoms with Crippen LogP contribution < -0.4 is 5.56 Å². The first-order valence-electron chi connectivity index (χ1n) is 6.64. The molecule has 1 saturated carbocycles. The molecule has 2 aromatic heterocycles. The Labute approximate surface area is 118 Å². The van der Waals surface area contributed by atoms with E-state index in [0.717, 1.165) is 12.8 Å². The highest BCUT2D eigenvalue weighted by molar-refractivity contribution is 5.77. The molecule has 2 heterocycles. The van der Waals surface area contributed by atoms with Crippen molar-refractivity contribution in [2.75, 3.05) is 0 Å². The number of nitrogens with zero attached hydrogens (tertiary/aromatic N) is 6. The number of hydrogen-bond donors (Lipinski definition) is 0. The van der Waals surface area contributed by atoms with Gasteiger partial charge in [0.1, 0.15) is 11.2 Å². The summed E-state index contributed by atoms with van der Waals surface area (Å²) in [5.74, 6) is 0.0122. The second-order valence-corrected chi connectivity index (χ2v) is 5.08. The molecule has 1 fully saturated rings. The van der Waals surface area contributed by atoms with Gasteiger partial charge in [-0.3, -0.25) is 9.36 Å². The fourth-order valence-corrected chi connectivity index (χ4v) is 2.34. The Hall–Kier alpha value is -2.64. The summed E-state index contributed by atoms with van der Waals surface area (Å²) in [5, 5.41) is 11.5. The quantitative estimate of drug-likeness (QED) is 0.715. The van der Waals surface area contributed by atoms with Gasteiger partial charge in [0.25, 0.3) is 5.56 Å². The van der Waals surface area contributed by atoms with Crippen LogP contribution in [0.3, 0.4) is 0 Å². The molecule has 8 heteroatoms. The average Bonchev–Trinajstić information content (AvgIpc) is 3.22.